The molecular weight excluding hydrogens is 244 g/mol. The van der Waals surface area contributed by atoms with Crippen LogP contribution in [0.2, 0.25) is 0 Å². The summed E-state index contributed by atoms with van der Waals surface area (Å²) < 4.78 is 0. The SMILES string of the molecule is Cc1ccc(CC(C)NC(=O)C2(C)CCCN2)s1. The van der Waals surface area contributed by atoms with E-state index in [-0.39, 0.29) is 17.5 Å². The molecule has 2 unspecified atom stereocenters. The molecule has 0 aromatic carbocycles. The summed E-state index contributed by atoms with van der Waals surface area (Å²) >= 11 is 1.81. The molecule has 0 saturated carbocycles. The normalized spacial score (nSPS) is 25.1. The Morgan fingerprint density at radius 3 is 2.94 bits per heavy atom. The summed E-state index contributed by atoms with van der Waals surface area (Å²) in [4.78, 5) is 14.9. The lowest BCUT2D eigenvalue weighted by molar-refractivity contribution is -0.127. The van der Waals surface area contributed by atoms with E-state index in [2.05, 4.69) is 36.6 Å². The van der Waals surface area contributed by atoms with E-state index in [9.17, 15) is 4.79 Å². The number of rotatable bonds is 4. The van der Waals surface area contributed by atoms with Gasteiger partial charge in [-0.15, -0.1) is 11.3 Å². The molecule has 1 saturated heterocycles. The standard InChI is InChI=1S/C14H22N2OS/c1-10(9-12-6-5-11(2)18-12)16-13(17)14(3)7-4-8-15-14/h5-6,10,15H,4,7-9H2,1-3H3,(H,16,17). The molecule has 0 aliphatic carbocycles. The van der Waals surface area contributed by atoms with Crippen LogP contribution in [0.4, 0.5) is 0 Å². The number of thiophene rings is 1. The van der Waals surface area contributed by atoms with Crippen LogP contribution in [-0.4, -0.2) is 24.0 Å². The molecular formula is C14H22N2OS. The highest BCUT2D eigenvalue weighted by Gasteiger charge is 2.36. The van der Waals surface area contributed by atoms with Crippen LogP contribution in [0.15, 0.2) is 12.1 Å². The summed E-state index contributed by atoms with van der Waals surface area (Å²) in [7, 11) is 0. The maximum Gasteiger partial charge on any atom is 0.240 e. The molecule has 1 amide bonds. The quantitative estimate of drug-likeness (QED) is 0.877. The minimum Gasteiger partial charge on any atom is -0.352 e. The summed E-state index contributed by atoms with van der Waals surface area (Å²) in [5.41, 5.74) is -0.361. The number of carbonyl (C=O) groups is 1. The lowest BCUT2D eigenvalue weighted by Crippen LogP contribution is -2.53. The predicted octanol–water partition coefficient (Wildman–Crippen LogP) is 2.25. The van der Waals surface area contributed by atoms with Crippen LogP contribution in [0.1, 0.15) is 36.4 Å². The van der Waals surface area contributed by atoms with E-state index in [0.717, 1.165) is 25.8 Å². The van der Waals surface area contributed by atoms with Crippen molar-refractivity contribution in [1.29, 1.82) is 0 Å². The van der Waals surface area contributed by atoms with Crippen molar-refractivity contribution >= 4 is 17.2 Å². The lowest BCUT2D eigenvalue weighted by Gasteiger charge is -2.25. The molecule has 1 fully saturated rings. The molecule has 2 atom stereocenters. The van der Waals surface area contributed by atoms with Gasteiger partial charge in [0.1, 0.15) is 0 Å². The summed E-state index contributed by atoms with van der Waals surface area (Å²) in [6.45, 7) is 7.13. The molecule has 1 aromatic rings. The first-order valence-electron chi connectivity index (χ1n) is 6.61. The summed E-state index contributed by atoms with van der Waals surface area (Å²) in [5, 5.41) is 6.42. The first-order valence-corrected chi connectivity index (χ1v) is 7.42. The summed E-state index contributed by atoms with van der Waals surface area (Å²) in [6.07, 6.45) is 2.94. The van der Waals surface area contributed by atoms with Crippen molar-refractivity contribution in [1.82, 2.24) is 10.6 Å². The number of carbonyl (C=O) groups excluding carboxylic acids is 1. The second kappa shape index (κ2) is 5.41. The van der Waals surface area contributed by atoms with E-state index in [1.54, 1.807) is 0 Å². The average molecular weight is 266 g/mol. The van der Waals surface area contributed by atoms with Gasteiger partial charge in [0.15, 0.2) is 0 Å². The first kappa shape index (κ1) is 13.6. The van der Waals surface area contributed by atoms with Gasteiger partial charge in [-0.05, 0) is 52.3 Å². The van der Waals surface area contributed by atoms with Crippen LogP contribution in [0.3, 0.4) is 0 Å². The minimum atomic E-state index is -0.361. The van der Waals surface area contributed by atoms with E-state index in [4.69, 9.17) is 0 Å². The maximum atomic E-state index is 12.2. The van der Waals surface area contributed by atoms with Crippen molar-refractivity contribution in [2.75, 3.05) is 6.54 Å². The third kappa shape index (κ3) is 3.12. The van der Waals surface area contributed by atoms with Gasteiger partial charge in [0.25, 0.3) is 0 Å². The van der Waals surface area contributed by atoms with Crippen LogP contribution < -0.4 is 10.6 Å². The highest BCUT2D eigenvalue weighted by Crippen LogP contribution is 2.20. The Bertz CT molecular complexity index is 421. The van der Waals surface area contributed by atoms with Gasteiger partial charge < -0.3 is 10.6 Å². The van der Waals surface area contributed by atoms with E-state index in [1.807, 2.05) is 18.3 Å². The highest BCUT2D eigenvalue weighted by molar-refractivity contribution is 7.11. The third-order valence-electron chi connectivity index (χ3n) is 3.55. The molecule has 2 N–H and O–H groups in total. The topological polar surface area (TPSA) is 41.1 Å². The zero-order valence-corrected chi connectivity index (χ0v) is 12.2. The fraction of sp³-hybridized carbons (Fsp3) is 0.643. The first-order chi connectivity index (χ1) is 8.49. The van der Waals surface area contributed by atoms with Gasteiger partial charge in [-0.25, -0.2) is 0 Å². The zero-order chi connectivity index (χ0) is 13.2. The maximum absolute atomic E-state index is 12.2. The van der Waals surface area contributed by atoms with Crippen molar-refractivity contribution in [3.63, 3.8) is 0 Å². The molecule has 100 valence electrons. The molecule has 1 aliphatic rings. The van der Waals surface area contributed by atoms with Crippen LogP contribution in [-0.2, 0) is 11.2 Å². The van der Waals surface area contributed by atoms with Crippen LogP contribution >= 0.6 is 11.3 Å². The van der Waals surface area contributed by atoms with Gasteiger partial charge in [-0.2, -0.15) is 0 Å². The minimum absolute atomic E-state index is 0.140. The Labute approximate surface area is 113 Å². The fourth-order valence-electron chi connectivity index (χ4n) is 2.42. The van der Waals surface area contributed by atoms with E-state index >= 15 is 0 Å². The van der Waals surface area contributed by atoms with Gasteiger partial charge in [0, 0.05) is 22.2 Å². The average Bonchev–Trinajstić information content (AvgIpc) is 2.89. The number of hydrogen-bond donors (Lipinski definition) is 2. The van der Waals surface area contributed by atoms with Crippen molar-refractivity contribution in [3.05, 3.63) is 21.9 Å². The smallest absolute Gasteiger partial charge is 0.240 e. The third-order valence-corrected chi connectivity index (χ3v) is 4.57. The molecule has 0 radical (unpaired) electrons. The Morgan fingerprint density at radius 2 is 2.39 bits per heavy atom. The second-order valence-electron chi connectivity index (χ2n) is 5.45. The Kier molecular flexibility index (Phi) is 4.07. The van der Waals surface area contributed by atoms with Gasteiger partial charge in [0.2, 0.25) is 5.91 Å². The lowest BCUT2D eigenvalue weighted by atomic mass is 9.98. The van der Waals surface area contributed by atoms with Crippen molar-refractivity contribution in [3.8, 4) is 0 Å². The van der Waals surface area contributed by atoms with Crippen LogP contribution in [0, 0.1) is 6.92 Å². The monoisotopic (exact) mass is 266 g/mol. The molecule has 1 aliphatic heterocycles. The van der Waals surface area contributed by atoms with Gasteiger partial charge in [0.05, 0.1) is 5.54 Å². The van der Waals surface area contributed by atoms with Crippen LogP contribution in [0.5, 0.6) is 0 Å². The van der Waals surface area contributed by atoms with Crippen molar-refractivity contribution in [2.24, 2.45) is 0 Å². The summed E-state index contributed by atoms with van der Waals surface area (Å²) in [6, 6.07) is 4.47. The Balaban J connectivity index is 1.87. The Morgan fingerprint density at radius 1 is 1.61 bits per heavy atom. The molecule has 3 nitrogen and oxygen atoms in total. The molecule has 4 heteroatoms. The molecule has 18 heavy (non-hydrogen) atoms. The van der Waals surface area contributed by atoms with E-state index < -0.39 is 0 Å². The molecule has 0 bridgehead atoms. The Hall–Kier alpha value is -0.870. The second-order valence-corrected chi connectivity index (χ2v) is 6.83. The predicted molar refractivity (Wildman–Crippen MR) is 76.0 cm³/mol. The largest absolute Gasteiger partial charge is 0.352 e. The van der Waals surface area contributed by atoms with E-state index in [1.165, 1.54) is 9.75 Å². The molecule has 1 aromatic heterocycles. The van der Waals surface area contributed by atoms with Gasteiger partial charge in [-0.1, -0.05) is 0 Å². The van der Waals surface area contributed by atoms with Gasteiger partial charge >= 0.3 is 0 Å². The number of nitrogens with one attached hydrogen (secondary N) is 2. The number of hydrogen-bond acceptors (Lipinski definition) is 3. The summed E-state index contributed by atoms with van der Waals surface area (Å²) in [5.74, 6) is 0.140. The highest BCUT2D eigenvalue weighted by atomic mass is 32.1. The van der Waals surface area contributed by atoms with Gasteiger partial charge in [-0.3, -0.25) is 4.79 Å². The molecule has 2 rings (SSSR count). The molecule has 2 heterocycles. The van der Waals surface area contributed by atoms with Crippen molar-refractivity contribution in [2.45, 2.75) is 51.6 Å². The van der Waals surface area contributed by atoms with Crippen molar-refractivity contribution < 1.29 is 4.79 Å². The number of aryl methyl sites for hydroxylation is 1. The van der Waals surface area contributed by atoms with E-state index in [0.29, 0.717) is 0 Å². The molecule has 0 spiro atoms. The zero-order valence-electron chi connectivity index (χ0n) is 11.4. The fourth-order valence-corrected chi connectivity index (χ4v) is 3.44. The number of amides is 1. The van der Waals surface area contributed by atoms with Crippen LogP contribution in [0.25, 0.3) is 0 Å².